The Balaban J connectivity index is 2.51. The van der Waals surface area contributed by atoms with Crippen LogP contribution in [0.1, 0.15) is 33.6 Å². The predicted octanol–water partition coefficient (Wildman–Crippen LogP) is 0.964. The summed E-state index contributed by atoms with van der Waals surface area (Å²) in [6.07, 6.45) is 0.320. The number of aliphatic carboxylic acids is 1. The van der Waals surface area contributed by atoms with Crippen LogP contribution in [0.5, 0.6) is 0 Å². The van der Waals surface area contributed by atoms with E-state index >= 15 is 0 Å². The van der Waals surface area contributed by atoms with E-state index in [0.717, 1.165) is 13.0 Å². The third-order valence-electron chi connectivity index (χ3n) is 2.76. The average molecular weight is 258 g/mol. The Labute approximate surface area is 107 Å². The Morgan fingerprint density at radius 2 is 2.11 bits per heavy atom. The molecule has 6 nitrogen and oxygen atoms in total. The van der Waals surface area contributed by atoms with E-state index < -0.39 is 17.7 Å². The highest BCUT2D eigenvalue weighted by atomic mass is 16.6. The summed E-state index contributed by atoms with van der Waals surface area (Å²) in [7, 11) is 0. The maximum absolute atomic E-state index is 11.6. The van der Waals surface area contributed by atoms with Crippen LogP contribution in [0.2, 0.25) is 0 Å². The molecule has 0 spiro atoms. The summed E-state index contributed by atoms with van der Waals surface area (Å²) in [6.45, 7) is 6.74. The van der Waals surface area contributed by atoms with Gasteiger partial charge in [-0.2, -0.15) is 0 Å². The Kier molecular flexibility index (Phi) is 4.95. The van der Waals surface area contributed by atoms with Gasteiger partial charge in [-0.3, -0.25) is 4.79 Å². The highest BCUT2D eigenvalue weighted by Crippen LogP contribution is 2.17. The number of carboxylic acid groups (broad SMARTS) is 1. The Morgan fingerprint density at radius 3 is 2.67 bits per heavy atom. The fourth-order valence-electron chi connectivity index (χ4n) is 2.01. The van der Waals surface area contributed by atoms with Gasteiger partial charge >= 0.3 is 12.1 Å². The molecule has 3 N–H and O–H groups in total. The maximum Gasteiger partial charge on any atom is 0.407 e. The summed E-state index contributed by atoms with van der Waals surface area (Å²) in [4.78, 5) is 22.4. The molecule has 1 rings (SSSR count). The molecule has 1 aliphatic heterocycles. The largest absolute Gasteiger partial charge is 0.481 e. The number of rotatable bonds is 3. The average Bonchev–Trinajstić information content (AvgIpc) is 2.17. The number of hydrogen-bond donors (Lipinski definition) is 3. The SMILES string of the molecule is CC(C)(C)OC(=O)N[C@@H]1CNCC[C@@H]1CC(=O)O. The molecule has 0 radical (unpaired) electrons. The van der Waals surface area contributed by atoms with E-state index in [1.54, 1.807) is 20.8 Å². The Hall–Kier alpha value is -1.30. The second-order valence-corrected chi connectivity index (χ2v) is 5.60. The Bertz CT molecular complexity index is 312. The third-order valence-corrected chi connectivity index (χ3v) is 2.76. The van der Waals surface area contributed by atoms with Crippen molar-refractivity contribution in [3.05, 3.63) is 0 Å². The number of amides is 1. The van der Waals surface area contributed by atoms with Crippen LogP contribution in [0.4, 0.5) is 4.79 Å². The van der Waals surface area contributed by atoms with Crippen molar-refractivity contribution in [2.24, 2.45) is 5.92 Å². The minimum atomic E-state index is -0.835. The van der Waals surface area contributed by atoms with Crippen LogP contribution in [-0.4, -0.2) is 41.9 Å². The molecule has 0 aromatic heterocycles. The fraction of sp³-hybridized carbons (Fsp3) is 0.833. The van der Waals surface area contributed by atoms with Crippen LogP contribution in [0.3, 0.4) is 0 Å². The number of nitrogens with one attached hydrogen (secondary N) is 2. The van der Waals surface area contributed by atoms with Crippen molar-refractivity contribution in [2.75, 3.05) is 13.1 Å². The molecule has 0 aliphatic carbocycles. The maximum atomic E-state index is 11.6. The van der Waals surface area contributed by atoms with E-state index in [1.807, 2.05) is 0 Å². The lowest BCUT2D eigenvalue weighted by Crippen LogP contribution is -2.52. The van der Waals surface area contributed by atoms with E-state index in [1.165, 1.54) is 0 Å². The molecular formula is C12H22N2O4. The van der Waals surface area contributed by atoms with Gasteiger partial charge in [0.1, 0.15) is 5.60 Å². The van der Waals surface area contributed by atoms with Crippen LogP contribution in [0.15, 0.2) is 0 Å². The van der Waals surface area contributed by atoms with Gasteiger partial charge in [0.2, 0.25) is 0 Å². The smallest absolute Gasteiger partial charge is 0.407 e. The second-order valence-electron chi connectivity index (χ2n) is 5.60. The van der Waals surface area contributed by atoms with Crippen molar-refractivity contribution in [2.45, 2.75) is 45.3 Å². The highest BCUT2D eigenvalue weighted by molar-refractivity contribution is 5.69. The molecule has 0 bridgehead atoms. The van der Waals surface area contributed by atoms with Crippen LogP contribution >= 0.6 is 0 Å². The highest BCUT2D eigenvalue weighted by Gasteiger charge is 2.29. The van der Waals surface area contributed by atoms with Gasteiger partial charge in [0.05, 0.1) is 6.42 Å². The quantitative estimate of drug-likeness (QED) is 0.702. The van der Waals surface area contributed by atoms with Gasteiger partial charge in [-0.15, -0.1) is 0 Å². The van der Waals surface area contributed by atoms with E-state index in [4.69, 9.17) is 9.84 Å². The van der Waals surface area contributed by atoms with E-state index in [2.05, 4.69) is 10.6 Å². The number of carbonyl (C=O) groups is 2. The molecule has 1 aliphatic rings. The molecule has 6 heteroatoms. The van der Waals surface area contributed by atoms with Gasteiger partial charge < -0.3 is 20.5 Å². The molecule has 104 valence electrons. The zero-order valence-corrected chi connectivity index (χ0v) is 11.2. The topological polar surface area (TPSA) is 87.7 Å². The molecule has 0 unspecified atom stereocenters. The number of piperidine rings is 1. The van der Waals surface area contributed by atoms with E-state index in [9.17, 15) is 9.59 Å². The van der Waals surface area contributed by atoms with Gasteiger partial charge in [0.25, 0.3) is 0 Å². The minimum absolute atomic E-state index is 0.0451. The first-order valence-corrected chi connectivity index (χ1v) is 6.20. The van der Waals surface area contributed by atoms with Crippen molar-refractivity contribution in [1.29, 1.82) is 0 Å². The zero-order valence-electron chi connectivity index (χ0n) is 11.2. The van der Waals surface area contributed by atoms with Crippen molar-refractivity contribution >= 4 is 12.1 Å². The lowest BCUT2D eigenvalue weighted by molar-refractivity contribution is -0.138. The Morgan fingerprint density at radius 1 is 1.44 bits per heavy atom. The number of hydrogen-bond acceptors (Lipinski definition) is 4. The van der Waals surface area contributed by atoms with Gasteiger partial charge in [0, 0.05) is 12.6 Å². The van der Waals surface area contributed by atoms with Gasteiger partial charge in [-0.05, 0) is 39.7 Å². The van der Waals surface area contributed by atoms with Crippen LogP contribution in [-0.2, 0) is 9.53 Å². The van der Waals surface area contributed by atoms with Crippen molar-refractivity contribution in [3.8, 4) is 0 Å². The first-order valence-electron chi connectivity index (χ1n) is 6.20. The molecule has 1 fully saturated rings. The molecule has 0 aromatic carbocycles. The van der Waals surface area contributed by atoms with Crippen LogP contribution in [0.25, 0.3) is 0 Å². The first-order chi connectivity index (χ1) is 8.28. The summed E-state index contributed by atoms with van der Waals surface area (Å²) in [6, 6.07) is -0.190. The summed E-state index contributed by atoms with van der Waals surface area (Å²) in [5, 5.41) is 14.7. The van der Waals surface area contributed by atoms with Gasteiger partial charge in [-0.1, -0.05) is 0 Å². The molecule has 1 saturated heterocycles. The number of carbonyl (C=O) groups excluding carboxylic acids is 1. The van der Waals surface area contributed by atoms with Gasteiger partial charge in [0.15, 0.2) is 0 Å². The standard InChI is InChI=1S/C12H22N2O4/c1-12(2,3)18-11(17)14-9-7-13-5-4-8(9)6-10(15)16/h8-9,13H,4-7H2,1-3H3,(H,14,17)(H,15,16)/t8-,9-/m1/s1. The fourth-order valence-corrected chi connectivity index (χ4v) is 2.01. The molecule has 18 heavy (non-hydrogen) atoms. The monoisotopic (exact) mass is 258 g/mol. The molecule has 0 aromatic rings. The van der Waals surface area contributed by atoms with Crippen molar-refractivity contribution < 1.29 is 19.4 Å². The zero-order chi connectivity index (χ0) is 13.8. The summed E-state index contributed by atoms with van der Waals surface area (Å²) < 4.78 is 5.17. The second kappa shape index (κ2) is 6.04. The normalized spacial score (nSPS) is 24.4. The lowest BCUT2D eigenvalue weighted by Gasteiger charge is -2.32. The molecule has 1 amide bonds. The molecule has 0 saturated carbocycles. The lowest BCUT2D eigenvalue weighted by atomic mass is 9.90. The molecular weight excluding hydrogens is 236 g/mol. The number of carboxylic acids is 1. The van der Waals surface area contributed by atoms with E-state index in [0.29, 0.717) is 6.54 Å². The molecule has 2 atom stereocenters. The van der Waals surface area contributed by atoms with Crippen molar-refractivity contribution in [3.63, 3.8) is 0 Å². The first kappa shape index (κ1) is 14.8. The summed E-state index contributed by atoms with van der Waals surface area (Å²) in [5.74, 6) is -0.880. The predicted molar refractivity (Wildman–Crippen MR) is 66.4 cm³/mol. The number of ether oxygens (including phenoxy) is 1. The van der Waals surface area contributed by atoms with E-state index in [-0.39, 0.29) is 18.4 Å². The van der Waals surface area contributed by atoms with Crippen LogP contribution in [0, 0.1) is 5.92 Å². The third kappa shape index (κ3) is 5.35. The minimum Gasteiger partial charge on any atom is -0.481 e. The summed E-state index contributed by atoms with van der Waals surface area (Å²) >= 11 is 0. The van der Waals surface area contributed by atoms with Gasteiger partial charge in [-0.25, -0.2) is 4.79 Å². The molecule has 1 heterocycles. The summed E-state index contributed by atoms with van der Waals surface area (Å²) in [5.41, 5.74) is -0.547. The van der Waals surface area contributed by atoms with Crippen LogP contribution < -0.4 is 10.6 Å². The van der Waals surface area contributed by atoms with Crippen molar-refractivity contribution in [1.82, 2.24) is 10.6 Å². The number of alkyl carbamates (subject to hydrolysis) is 1.